The van der Waals surface area contributed by atoms with E-state index >= 15 is 0 Å². The van der Waals surface area contributed by atoms with Gasteiger partial charge in [-0.15, -0.1) is 0 Å². The first-order valence-corrected chi connectivity index (χ1v) is 9.03. The number of hydrogen-bond donors (Lipinski definition) is 0. The van der Waals surface area contributed by atoms with Crippen molar-refractivity contribution in [3.8, 4) is 5.75 Å². The summed E-state index contributed by atoms with van der Waals surface area (Å²) in [6.07, 6.45) is 0. The highest BCUT2D eigenvalue weighted by atomic mass is 28.3. The van der Waals surface area contributed by atoms with Gasteiger partial charge < -0.3 is 4.74 Å². The van der Waals surface area contributed by atoms with Crippen LogP contribution in [0.4, 0.5) is 0 Å². The van der Waals surface area contributed by atoms with Gasteiger partial charge in [0.05, 0.1) is 8.07 Å². The largest absolute Gasteiger partial charge is 0.485 e. The van der Waals surface area contributed by atoms with Crippen molar-refractivity contribution in [2.75, 3.05) is 6.61 Å². The zero-order valence-corrected chi connectivity index (χ0v) is 10.9. The Hall–Kier alpha value is -1.35. The van der Waals surface area contributed by atoms with Crippen LogP contribution < -0.4 is 4.74 Å². The van der Waals surface area contributed by atoms with Gasteiger partial charge in [0.2, 0.25) is 0 Å². The zero-order chi connectivity index (χ0) is 11.8. The molecular formula is C13H16O2Si. The molecule has 0 amide bonds. The lowest BCUT2D eigenvalue weighted by Crippen LogP contribution is -2.24. The maximum atomic E-state index is 11.9. The Balaban J connectivity index is 2.53. The first kappa shape index (κ1) is 11.1. The summed E-state index contributed by atoms with van der Waals surface area (Å²) >= 11 is 0. The van der Waals surface area contributed by atoms with Crippen LogP contribution in [0.1, 0.15) is 5.56 Å². The quantitative estimate of drug-likeness (QED) is 0.550. The minimum atomic E-state index is -1.39. The van der Waals surface area contributed by atoms with Gasteiger partial charge in [-0.1, -0.05) is 43.5 Å². The molecule has 0 unspecified atom stereocenters. The summed E-state index contributed by atoms with van der Waals surface area (Å²) in [7, 11) is -1.39. The average molecular weight is 232 g/mol. The van der Waals surface area contributed by atoms with Gasteiger partial charge in [0, 0.05) is 11.1 Å². The average Bonchev–Trinajstić information content (AvgIpc) is 2.21. The normalized spacial score (nSPS) is 18.2. The number of ether oxygens (including phenoxy) is 1. The van der Waals surface area contributed by atoms with Crippen molar-refractivity contribution in [1.82, 2.24) is 0 Å². The van der Waals surface area contributed by atoms with E-state index in [2.05, 4.69) is 25.3 Å². The van der Waals surface area contributed by atoms with Gasteiger partial charge in [-0.25, -0.2) is 0 Å². The number of fused-ring (bicyclic) bond motifs is 1. The molecule has 0 atom stereocenters. The van der Waals surface area contributed by atoms with Crippen molar-refractivity contribution < 1.29 is 9.53 Å². The van der Waals surface area contributed by atoms with Crippen LogP contribution in [-0.2, 0) is 4.79 Å². The molecule has 2 nitrogen and oxygen atoms in total. The smallest absolute Gasteiger partial charge is 0.200 e. The highest BCUT2D eigenvalue weighted by Crippen LogP contribution is 2.31. The fourth-order valence-corrected chi connectivity index (χ4v) is 2.96. The van der Waals surface area contributed by atoms with E-state index in [0.717, 1.165) is 16.9 Å². The number of Topliss-reactive ketones (excluding diaryl/α,β-unsaturated/α-hetero) is 1. The summed E-state index contributed by atoms with van der Waals surface area (Å²) in [6, 6.07) is 7.75. The Kier molecular flexibility index (Phi) is 2.72. The van der Waals surface area contributed by atoms with E-state index in [-0.39, 0.29) is 12.4 Å². The number of carbonyl (C=O) groups excluding carboxylic acids is 1. The van der Waals surface area contributed by atoms with Gasteiger partial charge in [0.15, 0.2) is 12.4 Å². The summed E-state index contributed by atoms with van der Waals surface area (Å²) in [5.74, 6) is 0.924. The van der Waals surface area contributed by atoms with Crippen LogP contribution in [0, 0.1) is 0 Å². The van der Waals surface area contributed by atoms with E-state index in [0.29, 0.717) is 0 Å². The van der Waals surface area contributed by atoms with Crippen molar-refractivity contribution in [2.24, 2.45) is 0 Å². The Bertz CT molecular complexity index is 455. The third-order valence-corrected chi connectivity index (χ3v) is 3.57. The summed E-state index contributed by atoms with van der Waals surface area (Å²) in [5.41, 5.74) is 3.96. The lowest BCUT2D eigenvalue weighted by atomic mass is 10.0. The highest BCUT2D eigenvalue weighted by Gasteiger charge is 2.24. The Morgan fingerprint density at radius 1 is 1.25 bits per heavy atom. The number of benzene rings is 1. The number of rotatable bonds is 1. The number of para-hydroxylation sites is 1. The fraction of sp³-hybridized carbons (Fsp3) is 0.308. The molecule has 0 spiro atoms. The zero-order valence-electron chi connectivity index (χ0n) is 9.91. The lowest BCUT2D eigenvalue weighted by Gasteiger charge is -2.21. The molecule has 0 saturated carbocycles. The summed E-state index contributed by atoms with van der Waals surface area (Å²) < 4.78 is 5.41. The maximum absolute atomic E-state index is 11.9. The Morgan fingerprint density at radius 3 is 2.62 bits per heavy atom. The van der Waals surface area contributed by atoms with Crippen molar-refractivity contribution >= 4 is 19.4 Å². The predicted molar refractivity (Wildman–Crippen MR) is 68.3 cm³/mol. The molecule has 3 heteroatoms. The molecule has 1 aliphatic heterocycles. The van der Waals surface area contributed by atoms with Gasteiger partial charge in [-0.3, -0.25) is 4.79 Å². The van der Waals surface area contributed by atoms with E-state index in [9.17, 15) is 4.79 Å². The molecule has 0 radical (unpaired) electrons. The molecule has 0 fully saturated rings. The van der Waals surface area contributed by atoms with Crippen LogP contribution in [0.25, 0.3) is 5.57 Å². The second kappa shape index (κ2) is 3.90. The molecule has 0 aliphatic carbocycles. The standard InChI is InChI=1S/C13H16O2Si/c1-16(2,3)9-11-10-6-4-5-7-13(10)15-8-12(11)14/h4-7,9H,8H2,1-3H3/b11-9+. The Labute approximate surface area is 96.9 Å². The fourth-order valence-electron chi connectivity index (χ4n) is 1.78. The monoisotopic (exact) mass is 232 g/mol. The molecule has 16 heavy (non-hydrogen) atoms. The molecule has 0 aromatic heterocycles. The van der Waals surface area contributed by atoms with Gasteiger partial charge in [0.25, 0.3) is 0 Å². The van der Waals surface area contributed by atoms with Crippen LogP contribution >= 0.6 is 0 Å². The van der Waals surface area contributed by atoms with Crippen molar-refractivity contribution in [2.45, 2.75) is 19.6 Å². The second-order valence-corrected chi connectivity index (χ2v) is 10.2. The molecule has 0 saturated heterocycles. The first-order chi connectivity index (χ1) is 7.47. The number of carbonyl (C=O) groups is 1. The predicted octanol–water partition coefficient (Wildman–Crippen LogP) is 2.91. The van der Waals surface area contributed by atoms with Gasteiger partial charge in [-0.05, 0) is 6.07 Å². The van der Waals surface area contributed by atoms with Crippen LogP contribution in [0.15, 0.2) is 30.0 Å². The molecule has 1 aliphatic rings. The van der Waals surface area contributed by atoms with Crippen molar-refractivity contribution in [3.05, 3.63) is 35.5 Å². The molecule has 1 aromatic carbocycles. The summed E-state index contributed by atoms with van der Waals surface area (Å²) in [4.78, 5) is 11.9. The highest BCUT2D eigenvalue weighted by molar-refractivity contribution is 6.82. The minimum absolute atomic E-state index is 0.0983. The molecule has 2 rings (SSSR count). The molecule has 84 valence electrons. The molecule has 1 aromatic rings. The van der Waals surface area contributed by atoms with E-state index < -0.39 is 8.07 Å². The van der Waals surface area contributed by atoms with E-state index in [1.54, 1.807) is 0 Å². The van der Waals surface area contributed by atoms with Gasteiger partial charge >= 0.3 is 0 Å². The number of ketones is 1. The van der Waals surface area contributed by atoms with Crippen LogP contribution in [0.2, 0.25) is 19.6 Å². The van der Waals surface area contributed by atoms with E-state index in [1.807, 2.05) is 24.3 Å². The second-order valence-electron chi connectivity index (χ2n) is 5.13. The molecule has 1 heterocycles. The summed E-state index contributed by atoms with van der Waals surface area (Å²) in [5, 5.41) is 0. The molecule has 0 bridgehead atoms. The van der Waals surface area contributed by atoms with E-state index in [1.165, 1.54) is 0 Å². The minimum Gasteiger partial charge on any atom is -0.485 e. The lowest BCUT2D eigenvalue weighted by molar-refractivity contribution is -0.116. The maximum Gasteiger partial charge on any atom is 0.200 e. The van der Waals surface area contributed by atoms with Crippen molar-refractivity contribution in [1.29, 1.82) is 0 Å². The first-order valence-electron chi connectivity index (χ1n) is 5.46. The van der Waals surface area contributed by atoms with Gasteiger partial charge in [-0.2, -0.15) is 0 Å². The molecular weight excluding hydrogens is 216 g/mol. The third-order valence-electron chi connectivity index (χ3n) is 2.41. The number of hydrogen-bond acceptors (Lipinski definition) is 2. The topological polar surface area (TPSA) is 26.3 Å². The molecule has 0 N–H and O–H groups in total. The van der Waals surface area contributed by atoms with Crippen LogP contribution in [0.5, 0.6) is 5.75 Å². The van der Waals surface area contributed by atoms with Gasteiger partial charge in [0.1, 0.15) is 5.75 Å². The van der Waals surface area contributed by atoms with Crippen molar-refractivity contribution in [3.63, 3.8) is 0 Å². The van der Waals surface area contributed by atoms with E-state index in [4.69, 9.17) is 4.74 Å². The van der Waals surface area contributed by atoms with Crippen LogP contribution in [0.3, 0.4) is 0 Å². The van der Waals surface area contributed by atoms with Crippen LogP contribution in [-0.4, -0.2) is 20.5 Å². The SMILES string of the molecule is C[Si](C)(C)/C=C1/C(=O)COc2ccccc21. The summed E-state index contributed by atoms with van der Waals surface area (Å²) in [6.45, 7) is 6.86. The Morgan fingerprint density at radius 2 is 1.94 bits per heavy atom. The third kappa shape index (κ3) is 2.24.